The Morgan fingerprint density at radius 3 is 3.07 bits per heavy atom. The van der Waals surface area contributed by atoms with Gasteiger partial charge in [-0.3, -0.25) is 0 Å². The Morgan fingerprint density at radius 1 is 1.50 bits per heavy atom. The van der Waals surface area contributed by atoms with Crippen molar-refractivity contribution in [2.24, 2.45) is 0 Å². The first-order valence-electron chi connectivity index (χ1n) is 4.71. The fourth-order valence-corrected chi connectivity index (χ4v) is 2.70. The molecule has 0 unspecified atom stereocenters. The van der Waals surface area contributed by atoms with Crippen LogP contribution in [0, 0.1) is 0 Å². The number of aliphatic hydroxyl groups excluding tert-OH is 1. The standard InChI is InChI=1S/C8H12N4OS/c13-7-4-11(5-7)14-12-3-6-1-9-2-8(6)10-12/h3,7,9,13H,1-2,4-5H2. The van der Waals surface area contributed by atoms with Gasteiger partial charge in [-0.15, -0.1) is 0 Å². The molecule has 6 heteroatoms. The molecule has 2 N–H and O–H groups in total. The maximum absolute atomic E-state index is 9.12. The summed E-state index contributed by atoms with van der Waals surface area (Å²) in [5.41, 5.74) is 2.44. The summed E-state index contributed by atoms with van der Waals surface area (Å²) in [4.78, 5) is 0. The minimum Gasteiger partial charge on any atom is -0.390 e. The third-order valence-corrected chi connectivity index (χ3v) is 3.38. The van der Waals surface area contributed by atoms with Crippen molar-refractivity contribution in [3.63, 3.8) is 0 Å². The molecule has 0 atom stereocenters. The molecule has 1 aromatic rings. The minimum atomic E-state index is -0.147. The number of nitrogens with zero attached hydrogens (tertiary/aromatic N) is 3. The third kappa shape index (κ3) is 1.44. The van der Waals surface area contributed by atoms with E-state index >= 15 is 0 Å². The summed E-state index contributed by atoms with van der Waals surface area (Å²) in [5, 5.41) is 16.8. The highest BCUT2D eigenvalue weighted by molar-refractivity contribution is 7.95. The molecule has 1 fully saturated rings. The van der Waals surface area contributed by atoms with Crippen molar-refractivity contribution < 1.29 is 5.11 Å². The molecule has 1 aromatic heterocycles. The molecule has 1 saturated heterocycles. The van der Waals surface area contributed by atoms with Gasteiger partial charge >= 0.3 is 0 Å². The second kappa shape index (κ2) is 3.23. The van der Waals surface area contributed by atoms with Crippen molar-refractivity contribution in [2.45, 2.75) is 19.2 Å². The van der Waals surface area contributed by atoms with E-state index in [1.54, 1.807) is 12.1 Å². The summed E-state index contributed by atoms with van der Waals surface area (Å²) in [6.07, 6.45) is 1.91. The lowest BCUT2D eigenvalue weighted by atomic mass is 10.2. The molecule has 2 aliphatic rings. The molecule has 0 spiro atoms. The van der Waals surface area contributed by atoms with Crippen LogP contribution < -0.4 is 5.32 Å². The lowest BCUT2D eigenvalue weighted by Crippen LogP contribution is -2.46. The quantitative estimate of drug-likeness (QED) is 0.652. The first-order valence-corrected chi connectivity index (χ1v) is 5.44. The average Bonchev–Trinajstić information content (AvgIpc) is 2.60. The number of β-amino-alcohol motifs (C(OH)–C–C–N with tert-alkyl or cyclic N) is 1. The van der Waals surface area contributed by atoms with E-state index in [4.69, 9.17) is 5.11 Å². The summed E-state index contributed by atoms with van der Waals surface area (Å²) in [5.74, 6) is 0. The van der Waals surface area contributed by atoms with Crippen molar-refractivity contribution in [3.05, 3.63) is 17.5 Å². The Hall–Kier alpha value is -0.560. The monoisotopic (exact) mass is 212 g/mol. The Bertz CT molecular complexity index is 326. The minimum absolute atomic E-state index is 0.147. The predicted molar refractivity (Wildman–Crippen MR) is 53.3 cm³/mol. The Balaban J connectivity index is 1.66. The number of hydrogen-bond donors (Lipinski definition) is 2. The zero-order valence-electron chi connectivity index (χ0n) is 7.68. The molecular formula is C8H12N4OS. The summed E-state index contributed by atoms with van der Waals surface area (Å²) in [7, 11) is 0. The first kappa shape index (κ1) is 8.72. The van der Waals surface area contributed by atoms with Gasteiger partial charge in [-0.25, -0.2) is 4.31 Å². The Morgan fingerprint density at radius 2 is 2.36 bits per heavy atom. The van der Waals surface area contributed by atoms with E-state index < -0.39 is 0 Å². The van der Waals surface area contributed by atoms with Gasteiger partial charge in [0, 0.05) is 37.9 Å². The predicted octanol–water partition coefficient (Wildman–Crippen LogP) is -0.426. The fourth-order valence-electron chi connectivity index (χ4n) is 1.68. The molecule has 3 rings (SSSR count). The maximum atomic E-state index is 9.12. The van der Waals surface area contributed by atoms with E-state index in [2.05, 4.69) is 20.9 Å². The van der Waals surface area contributed by atoms with Gasteiger partial charge in [-0.1, -0.05) is 0 Å². The third-order valence-electron chi connectivity index (χ3n) is 2.49. The number of nitrogens with one attached hydrogen (secondary N) is 1. The zero-order valence-corrected chi connectivity index (χ0v) is 8.50. The van der Waals surface area contributed by atoms with Gasteiger partial charge in [0.1, 0.15) is 0 Å². The molecule has 76 valence electrons. The highest BCUT2D eigenvalue weighted by atomic mass is 32.2. The number of rotatable bonds is 2. The van der Waals surface area contributed by atoms with Gasteiger partial charge in [0.05, 0.1) is 23.9 Å². The number of aliphatic hydroxyl groups is 1. The lowest BCUT2D eigenvalue weighted by Gasteiger charge is -2.33. The van der Waals surface area contributed by atoms with E-state index in [0.717, 1.165) is 31.9 Å². The number of aromatic nitrogens is 2. The van der Waals surface area contributed by atoms with Crippen LogP contribution >= 0.6 is 12.1 Å². The van der Waals surface area contributed by atoms with Crippen LogP contribution in [0.3, 0.4) is 0 Å². The molecule has 0 amide bonds. The molecule has 0 aromatic carbocycles. The van der Waals surface area contributed by atoms with Crippen molar-refractivity contribution in [2.75, 3.05) is 13.1 Å². The lowest BCUT2D eigenvalue weighted by molar-refractivity contribution is 0.0611. The van der Waals surface area contributed by atoms with Gasteiger partial charge < -0.3 is 10.4 Å². The summed E-state index contributed by atoms with van der Waals surface area (Å²) in [6, 6.07) is 0. The summed E-state index contributed by atoms with van der Waals surface area (Å²) < 4.78 is 3.98. The van der Waals surface area contributed by atoms with Crippen LogP contribution in [0.2, 0.25) is 0 Å². The maximum Gasteiger partial charge on any atom is 0.0818 e. The van der Waals surface area contributed by atoms with Crippen LogP contribution in [0.4, 0.5) is 0 Å². The van der Waals surface area contributed by atoms with Gasteiger partial charge in [0.15, 0.2) is 0 Å². The van der Waals surface area contributed by atoms with Crippen molar-refractivity contribution in [3.8, 4) is 0 Å². The van der Waals surface area contributed by atoms with E-state index in [0.29, 0.717) is 0 Å². The molecule has 0 aliphatic carbocycles. The van der Waals surface area contributed by atoms with Gasteiger partial charge in [0.25, 0.3) is 0 Å². The van der Waals surface area contributed by atoms with Gasteiger partial charge in [0.2, 0.25) is 0 Å². The molecular weight excluding hydrogens is 200 g/mol. The van der Waals surface area contributed by atoms with Crippen LogP contribution in [0.15, 0.2) is 6.20 Å². The highest BCUT2D eigenvalue weighted by Gasteiger charge is 2.26. The number of hydrogen-bond acceptors (Lipinski definition) is 5. The largest absolute Gasteiger partial charge is 0.390 e. The van der Waals surface area contributed by atoms with Crippen molar-refractivity contribution in [1.29, 1.82) is 0 Å². The van der Waals surface area contributed by atoms with E-state index in [1.165, 1.54) is 5.56 Å². The molecule has 2 aliphatic heterocycles. The molecule has 0 bridgehead atoms. The first-order chi connectivity index (χ1) is 6.81. The van der Waals surface area contributed by atoms with Crippen LogP contribution in [0.1, 0.15) is 11.3 Å². The Kier molecular flexibility index (Phi) is 2.01. The van der Waals surface area contributed by atoms with Gasteiger partial charge in [-0.05, 0) is 0 Å². The SMILES string of the molecule is OC1CN(Sn2cc3c(n2)CNC3)C1. The topological polar surface area (TPSA) is 53.3 Å². The van der Waals surface area contributed by atoms with E-state index in [9.17, 15) is 0 Å². The van der Waals surface area contributed by atoms with Crippen LogP contribution in [-0.2, 0) is 13.1 Å². The van der Waals surface area contributed by atoms with Crippen LogP contribution in [0.5, 0.6) is 0 Å². The Labute approximate surface area is 86.3 Å². The molecule has 14 heavy (non-hydrogen) atoms. The summed E-state index contributed by atoms with van der Waals surface area (Å²) in [6.45, 7) is 3.30. The molecule has 5 nitrogen and oxygen atoms in total. The molecule has 0 saturated carbocycles. The second-order valence-electron chi connectivity index (χ2n) is 3.69. The fraction of sp³-hybridized carbons (Fsp3) is 0.625. The smallest absolute Gasteiger partial charge is 0.0818 e. The number of fused-ring (bicyclic) bond motifs is 1. The van der Waals surface area contributed by atoms with E-state index in [-0.39, 0.29) is 6.10 Å². The van der Waals surface area contributed by atoms with Crippen LogP contribution in [0.25, 0.3) is 0 Å². The molecule has 0 radical (unpaired) electrons. The van der Waals surface area contributed by atoms with Crippen molar-refractivity contribution in [1.82, 2.24) is 18.8 Å². The summed E-state index contributed by atoms with van der Waals surface area (Å²) >= 11 is 1.57. The van der Waals surface area contributed by atoms with E-state index in [1.807, 2.05) is 4.09 Å². The normalized spacial score (nSPS) is 22.4. The second-order valence-corrected chi connectivity index (χ2v) is 4.74. The average molecular weight is 212 g/mol. The van der Waals surface area contributed by atoms with Crippen LogP contribution in [-0.4, -0.2) is 37.8 Å². The van der Waals surface area contributed by atoms with Gasteiger partial charge in [-0.2, -0.15) is 9.19 Å². The molecule has 3 heterocycles. The van der Waals surface area contributed by atoms with Crippen molar-refractivity contribution >= 4 is 12.1 Å². The zero-order chi connectivity index (χ0) is 9.54. The highest BCUT2D eigenvalue weighted by Crippen LogP contribution is 2.23.